The zero-order valence-electron chi connectivity index (χ0n) is 25.8. The smallest absolute Gasteiger partial charge is 0.354 e. The van der Waals surface area contributed by atoms with Crippen LogP contribution in [-0.2, 0) is 38.7 Å². The number of anilines is 2. The molecule has 0 saturated carbocycles. The number of benzene rings is 2. The first kappa shape index (κ1) is 34.9. The number of aryl methyl sites for hydroxylation is 1. The fourth-order valence-corrected chi connectivity index (χ4v) is 5.86. The Labute approximate surface area is 269 Å². The molecule has 1 atom stereocenters. The van der Waals surface area contributed by atoms with Gasteiger partial charge in [0.05, 0.1) is 23.7 Å². The van der Waals surface area contributed by atoms with Crippen LogP contribution in [0.3, 0.4) is 0 Å². The number of nitrogens with zero attached hydrogens (tertiary/aromatic N) is 8. The molecule has 1 aliphatic rings. The van der Waals surface area contributed by atoms with E-state index >= 15 is 0 Å². The first-order valence-electron chi connectivity index (χ1n) is 14.9. The number of rotatable bonds is 9. The van der Waals surface area contributed by atoms with Gasteiger partial charge in [0.1, 0.15) is 5.82 Å². The maximum absolute atomic E-state index is 14.0. The minimum absolute atomic E-state index is 0.0127. The SMILES string of the molecule is CCC(c1ccc(C(F)(F)F)cc1CN(Cc1cc(C(F)(F)F)cc(C(F)(F)F)c1)c1nnn(C)n1)N1CCN(c2ccccn2)CC1. The summed E-state index contributed by atoms with van der Waals surface area (Å²) in [6, 6.07) is 9.68. The van der Waals surface area contributed by atoms with Gasteiger partial charge in [-0.05, 0) is 70.8 Å². The summed E-state index contributed by atoms with van der Waals surface area (Å²) in [6.45, 7) is 3.28. The predicted octanol–water partition coefficient (Wildman–Crippen LogP) is 7.14. The topological polar surface area (TPSA) is 66.2 Å². The van der Waals surface area contributed by atoms with E-state index in [-0.39, 0.29) is 30.2 Å². The van der Waals surface area contributed by atoms with Crippen LogP contribution in [0.25, 0.3) is 0 Å². The van der Waals surface area contributed by atoms with Crippen LogP contribution in [0, 0.1) is 0 Å². The quantitative estimate of drug-likeness (QED) is 0.174. The van der Waals surface area contributed by atoms with E-state index in [0.29, 0.717) is 50.3 Å². The molecule has 258 valence electrons. The highest BCUT2D eigenvalue weighted by Gasteiger charge is 2.38. The van der Waals surface area contributed by atoms with E-state index in [1.165, 1.54) is 18.0 Å². The molecule has 2 aromatic carbocycles. The molecule has 5 rings (SSSR count). The molecule has 1 aliphatic heterocycles. The van der Waals surface area contributed by atoms with Gasteiger partial charge in [-0.2, -0.15) is 44.3 Å². The second-order valence-electron chi connectivity index (χ2n) is 11.4. The van der Waals surface area contributed by atoms with Gasteiger partial charge in [0, 0.05) is 51.5 Å². The van der Waals surface area contributed by atoms with Crippen LogP contribution >= 0.6 is 0 Å². The van der Waals surface area contributed by atoms with Crippen molar-refractivity contribution in [3.05, 3.63) is 94.2 Å². The minimum Gasteiger partial charge on any atom is -0.354 e. The van der Waals surface area contributed by atoms with E-state index in [0.717, 1.165) is 22.7 Å². The Bertz CT molecular complexity index is 1650. The van der Waals surface area contributed by atoms with Crippen molar-refractivity contribution in [1.82, 2.24) is 30.1 Å². The zero-order chi connectivity index (χ0) is 34.9. The van der Waals surface area contributed by atoms with Crippen LogP contribution in [0.5, 0.6) is 0 Å². The maximum atomic E-state index is 14.0. The fourth-order valence-electron chi connectivity index (χ4n) is 5.86. The molecular formula is C31H31F9N8. The van der Waals surface area contributed by atoms with Crippen molar-refractivity contribution in [2.45, 2.75) is 51.0 Å². The number of halogens is 9. The molecule has 0 amide bonds. The van der Waals surface area contributed by atoms with Gasteiger partial charge < -0.3 is 9.80 Å². The van der Waals surface area contributed by atoms with Gasteiger partial charge in [0.25, 0.3) is 5.95 Å². The number of alkyl halides is 9. The number of hydrogen-bond acceptors (Lipinski definition) is 7. The Morgan fingerprint density at radius 1 is 0.771 bits per heavy atom. The molecule has 0 N–H and O–H groups in total. The van der Waals surface area contributed by atoms with Gasteiger partial charge >= 0.3 is 18.5 Å². The minimum atomic E-state index is -5.09. The lowest BCUT2D eigenvalue weighted by Crippen LogP contribution is -2.48. The highest BCUT2D eigenvalue weighted by molar-refractivity contribution is 5.43. The molecule has 2 aromatic heterocycles. The summed E-state index contributed by atoms with van der Waals surface area (Å²) in [5, 5.41) is 11.7. The van der Waals surface area contributed by atoms with Crippen LogP contribution in [0.1, 0.15) is 52.8 Å². The summed E-state index contributed by atoms with van der Waals surface area (Å²) in [5.74, 6) is 0.611. The molecule has 48 heavy (non-hydrogen) atoms. The van der Waals surface area contributed by atoms with Crippen LogP contribution in [0.4, 0.5) is 51.3 Å². The summed E-state index contributed by atoms with van der Waals surface area (Å²) >= 11 is 0. The average Bonchev–Trinajstić information content (AvgIpc) is 3.47. The lowest BCUT2D eigenvalue weighted by atomic mass is 9.93. The molecule has 0 aliphatic carbocycles. The van der Waals surface area contributed by atoms with E-state index in [2.05, 4.69) is 30.2 Å². The molecule has 1 unspecified atom stereocenters. The highest BCUT2D eigenvalue weighted by atomic mass is 19.4. The van der Waals surface area contributed by atoms with Gasteiger partial charge in [-0.25, -0.2) is 4.98 Å². The molecule has 0 bridgehead atoms. The second kappa shape index (κ2) is 13.6. The summed E-state index contributed by atoms with van der Waals surface area (Å²) in [6.07, 6.45) is -12.7. The Hall–Kier alpha value is -4.41. The Morgan fingerprint density at radius 2 is 1.42 bits per heavy atom. The van der Waals surface area contributed by atoms with E-state index < -0.39 is 47.3 Å². The zero-order valence-corrected chi connectivity index (χ0v) is 25.8. The summed E-state index contributed by atoms with van der Waals surface area (Å²) in [4.78, 5) is 10.9. The van der Waals surface area contributed by atoms with Crippen molar-refractivity contribution in [3.8, 4) is 0 Å². The summed E-state index contributed by atoms with van der Waals surface area (Å²) in [5.41, 5.74) is -3.69. The molecular weight excluding hydrogens is 655 g/mol. The summed E-state index contributed by atoms with van der Waals surface area (Å²) < 4.78 is 124. The van der Waals surface area contributed by atoms with Crippen LogP contribution in [0.2, 0.25) is 0 Å². The lowest BCUT2D eigenvalue weighted by Gasteiger charge is -2.40. The molecule has 17 heteroatoms. The molecule has 1 fully saturated rings. The highest BCUT2D eigenvalue weighted by Crippen LogP contribution is 2.38. The van der Waals surface area contributed by atoms with E-state index in [4.69, 9.17) is 0 Å². The molecule has 1 saturated heterocycles. The standard InChI is InChI=1S/C31H31F9N8/c1-3-26(46-10-12-47(13-11-46)27-6-4-5-9-41-27)25-8-7-22(29(32,33)34)16-21(25)19-48(28-42-44-45(2)43-28)18-20-14-23(30(35,36)37)17-24(15-20)31(38,39)40/h4-9,14-17,26H,3,10-13,18-19H2,1-2H3. The number of aromatic nitrogens is 5. The third-order valence-corrected chi connectivity index (χ3v) is 8.11. The largest absolute Gasteiger partial charge is 0.416 e. The van der Waals surface area contributed by atoms with Crippen LogP contribution in [0.15, 0.2) is 60.8 Å². The van der Waals surface area contributed by atoms with E-state index in [1.807, 2.05) is 19.1 Å². The Balaban J connectivity index is 1.52. The van der Waals surface area contributed by atoms with Gasteiger partial charge in [-0.1, -0.05) is 24.2 Å². The molecule has 0 radical (unpaired) electrons. The predicted molar refractivity (Wildman–Crippen MR) is 158 cm³/mol. The molecule has 8 nitrogen and oxygen atoms in total. The van der Waals surface area contributed by atoms with E-state index in [1.54, 1.807) is 12.3 Å². The number of hydrogen-bond donors (Lipinski definition) is 0. The number of pyridine rings is 1. The van der Waals surface area contributed by atoms with Crippen molar-refractivity contribution >= 4 is 11.8 Å². The lowest BCUT2D eigenvalue weighted by molar-refractivity contribution is -0.143. The number of piperazine rings is 1. The molecule has 0 spiro atoms. The molecule has 3 heterocycles. The van der Waals surface area contributed by atoms with Gasteiger partial charge in [-0.3, -0.25) is 4.90 Å². The van der Waals surface area contributed by atoms with Gasteiger partial charge in [0.15, 0.2) is 0 Å². The first-order chi connectivity index (χ1) is 22.5. The van der Waals surface area contributed by atoms with Crippen LogP contribution in [-0.4, -0.2) is 56.3 Å². The van der Waals surface area contributed by atoms with Crippen LogP contribution < -0.4 is 9.80 Å². The van der Waals surface area contributed by atoms with Gasteiger partial charge in [-0.15, -0.1) is 5.10 Å². The maximum Gasteiger partial charge on any atom is 0.416 e. The van der Waals surface area contributed by atoms with Crippen molar-refractivity contribution in [2.24, 2.45) is 7.05 Å². The first-order valence-corrected chi connectivity index (χ1v) is 14.9. The monoisotopic (exact) mass is 686 g/mol. The van der Waals surface area contributed by atoms with Crippen molar-refractivity contribution in [3.63, 3.8) is 0 Å². The Morgan fingerprint density at radius 3 is 1.94 bits per heavy atom. The van der Waals surface area contributed by atoms with E-state index in [9.17, 15) is 39.5 Å². The normalized spacial score (nSPS) is 15.5. The van der Waals surface area contributed by atoms with Crippen molar-refractivity contribution in [1.29, 1.82) is 0 Å². The second-order valence-corrected chi connectivity index (χ2v) is 11.4. The van der Waals surface area contributed by atoms with Crippen molar-refractivity contribution < 1.29 is 39.5 Å². The van der Waals surface area contributed by atoms with Gasteiger partial charge in [0.2, 0.25) is 0 Å². The molecule has 4 aromatic rings. The third-order valence-electron chi connectivity index (χ3n) is 8.11. The van der Waals surface area contributed by atoms with Crippen molar-refractivity contribution in [2.75, 3.05) is 36.0 Å². The third kappa shape index (κ3) is 8.17. The number of tetrazole rings is 1. The Kier molecular flexibility index (Phi) is 9.89. The fraction of sp³-hybridized carbons (Fsp3) is 0.419. The summed E-state index contributed by atoms with van der Waals surface area (Å²) in [7, 11) is 1.40. The average molecular weight is 687 g/mol.